The number of aliphatic hydroxyl groups is 1. The van der Waals surface area contributed by atoms with Crippen molar-refractivity contribution >= 4 is 12.0 Å². The van der Waals surface area contributed by atoms with E-state index in [0.717, 1.165) is 6.08 Å². The molecule has 0 aliphatic heterocycles. The SMILES string of the molecule is COc1ccc(C=CC(=O)O)c(CO)c1. The van der Waals surface area contributed by atoms with Crippen LogP contribution in [-0.2, 0) is 11.4 Å². The average molecular weight is 208 g/mol. The number of benzene rings is 1. The van der Waals surface area contributed by atoms with Gasteiger partial charge in [0, 0.05) is 6.08 Å². The number of hydrogen-bond donors (Lipinski definition) is 2. The molecule has 0 aromatic heterocycles. The zero-order valence-corrected chi connectivity index (χ0v) is 8.30. The zero-order valence-electron chi connectivity index (χ0n) is 8.30. The average Bonchev–Trinajstić information content (AvgIpc) is 2.25. The van der Waals surface area contributed by atoms with Crippen LogP contribution in [0.15, 0.2) is 24.3 Å². The maximum Gasteiger partial charge on any atom is 0.328 e. The van der Waals surface area contributed by atoms with E-state index in [1.165, 1.54) is 13.2 Å². The first-order valence-electron chi connectivity index (χ1n) is 4.36. The summed E-state index contributed by atoms with van der Waals surface area (Å²) in [6, 6.07) is 5.08. The van der Waals surface area contributed by atoms with Gasteiger partial charge in [0.2, 0.25) is 0 Å². The molecule has 2 N–H and O–H groups in total. The molecule has 0 saturated heterocycles. The van der Waals surface area contributed by atoms with Crippen LogP contribution in [0.25, 0.3) is 6.08 Å². The number of aliphatic hydroxyl groups excluding tert-OH is 1. The van der Waals surface area contributed by atoms with Crippen LogP contribution in [0.5, 0.6) is 5.75 Å². The molecule has 0 aliphatic rings. The zero-order chi connectivity index (χ0) is 11.3. The van der Waals surface area contributed by atoms with E-state index in [2.05, 4.69) is 0 Å². The van der Waals surface area contributed by atoms with Crippen LogP contribution in [0.2, 0.25) is 0 Å². The molecule has 4 heteroatoms. The third-order valence-corrected chi connectivity index (χ3v) is 1.93. The second kappa shape index (κ2) is 5.17. The van der Waals surface area contributed by atoms with Crippen LogP contribution < -0.4 is 4.74 Å². The third-order valence-electron chi connectivity index (χ3n) is 1.93. The molecule has 0 atom stereocenters. The van der Waals surface area contributed by atoms with Gasteiger partial charge in [-0.3, -0.25) is 0 Å². The number of aliphatic carboxylic acids is 1. The number of ether oxygens (including phenoxy) is 1. The minimum atomic E-state index is -1.02. The molecular weight excluding hydrogens is 196 g/mol. The van der Waals surface area contributed by atoms with Gasteiger partial charge in [-0.2, -0.15) is 0 Å². The predicted molar refractivity (Wildman–Crippen MR) is 55.6 cm³/mol. The Balaban J connectivity index is 3.02. The standard InChI is InChI=1S/C11H12O4/c1-15-10-4-2-8(3-5-11(13)14)9(6-10)7-12/h2-6,12H,7H2,1H3,(H,13,14). The summed E-state index contributed by atoms with van der Waals surface area (Å²) in [7, 11) is 1.53. The number of carboxylic acid groups (broad SMARTS) is 1. The van der Waals surface area contributed by atoms with Crippen LogP contribution >= 0.6 is 0 Å². The molecule has 1 aromatic carbocycles. The van der Waals surface area contributed by atoms with Crippen molar-refractivity contribution in [3.05, 3.63) is 35.4 Å². The Labute approximate surface area is 87.4 Å². The van der Waals surface area contributed by atoms with Crippen LogP contribution in [-0.4, -0.2) is 23.3 Å². The summed E-state index contributed by atoms with van der Waals surface area (Å²) in [6.45, 7) is -0.156. The van der Waals surface area contributed by atoms with Crippen molar-refractivity contribution in [3.8, 4) is 5.75 Å². The topological polar surface area (TPSA) is 66.8 Å². The molecule has 0 heterocycles. The number of methoxy groups -OCH3 is 1. The van der Waals surface area contributed by atoms with E-state index in [4.69, 9.17) is 14.9 Å². The van der Waals surface area contributed by atoms with Crippen molar-refractivity contribution in [2.75, 3.05) is 7.11 Å². The number of carboxylic acids is 1. The van der Waals surface area contributed by atoms with Gasteiger partial charge in [0.15, 0.2) is 0 Å². The molecule has 0 amide bonds. The molecule has 1 rings (SSSR count). The van der Waals surface area contributed by atoms with E-state index in [1.807, 2.05) is 0 Å². The van der Waals surface area contributed by atoms with Crippen molar-refractivity contribution in [1.82, 2.24) is 0 Å². The van der Waals surface area contributed by atoms with Gasteiger partial charge >= 0.3 is 5.97 Å². The number of carbonyl (C=O) groups is 1. The van der Waals surface area contributed by atoms with Gasteiger partial charge in [0.25, 0.3) is 0 Å². The Morgan fingerprint density at radius 3 is 2.80 bits per heavy atom. The summed E-state index contributed by atoms with van der Waals surface area (Å²) in [6.07, 6.45) is 2.47. The molecule has 0 unspecified atom stereocenters. The molecule has 15 heavy (non-hydrogen) atoms. The summed E-state index contributed by atoms with van der Waals surface area (Å²) in [4.78, 5) is 10.3. The Kier molecular flexibility index (Phi) is 3.88. The molecule has 1 aromatic rings. The van der Waals surface area contributed by atoms with Crippen molar-refractivity contribution in [1.29, 1.82) is 0 Å². The second-order valence-corrected chi connectivity index (χ2v) is 2.89. The molecule has 0 aliphatic carbocycles. The fraction of sp³-hybridized carbons (Fsp3) is 0.182. The monoisotopic (exact) mass is 208 g/mol. The molecule has 0 saturated carbocycles. The first kappa shape index (κ1) is 11.3. The Morgan fingerprint density at radius 1 is 1.53 bits per heavy atom. The fourth-order valence-corrected chi connectivity index (χ4v) is 1.17. The third kappa shape index (κ3) is 3.11. The minimum Gasteiger partial charge on any atom is -0.497 e. The highest BCUT2D eigenvalue weighted by Crippen LogP contribution is 2.18. The highest BCUT2D eigenvalue weighted by atomic mass is 16.5. The van der Waals surface area contributed by atoms with Crippen LogP contribution in [0.3, 0.4) is 0 Å². The van der Waals surface area contributed by atoms with Crippen LogP contribution in [0.4, 0.5) is 0 Å². The molecule has 0 fully saturated rings. The Morgan fingerprint density at radius 2 is 2.27 bits per heavy atom. The molecule has 0 bridgehead atoms. The van der Waals surface area contributed by atoms with Gasteiger partial charge in [-0.1, -0.05) is 6.07 Å². The van der Waals surface area contributed by atoms with E-state index >= 15 is 0 Å². The van der Waals surface area contributed by atoms with E-state index in [-0.39, 0.29) is 6.61 Å². The van der Waals surface area contributed by atoms with Gasteiger partial charge in [-0.15, -0.1) is 0 Å². The molecule has 0 spiro atoms. The van der Waals surface area contributed by atoms with Crippen LogP contribution in [0, 0.1) is 0 Å². The maximum atomic E-state index is 10.3. The smallest absolute Gasteiger partial charge is 0.328 e. The van der Waals surface area contributed by atoms with Crippen molar-refractivity contribution in [2.45, 2.75) is 6.61 Å². The number of rotatable bonds is 4. The lowest BCUT2D eigenvalue weighted by molar-refractivity contribution is -0.131. The quantitative estimate of drug-likeness (QED) is 0.731. The van der Waals surface area contributed by atoms with Gasteiger partial charge in [-0.25, -0.2) is 4.79 Å². The van der Waals surface area contributed by atoms with Crippen molar-refractivity contribution in [2.24, 2.45) is 0 Å². The van der Waals surface area contributed by atoms with Gasteiger partial charge in [0.05, 0.1) is 13.7 Å². The minimum absolute atomic E-state index is 0.156. The first-order valence-corrected chi connectivity index (χ1v) is 4.36. The van der Waals surface area contributed by atoms with E-state index in [1.54, 1.807) is 18.2 Å². The molecular formula is C11H12O4. The van der Waals surface area contributed by atoms with Crippen molar-refractivity contribution < 1.29 is 19.7 Å². The number of hydrogen-bond acceptors (Lipinski definition) is 3. The maximum absolute atomic E-state index is 10.3. The first-order chi connectivity index (χ1) is 7.17. The van der Waals surface area contributed by atoms with E-state index in [0.29, 0.717) is 16.9 Å². The van der Waals surface area contributed by atoms with Gasteiger partial charge < -0.3 is 14.9 Å². The predicted octanol–water partition coefficient (Wildman–Crippen LogP) is 1.29. The Bertz CT molecular complexity index is 382. The second-order valence-electron chi connectivity index (χ2n) is 2.89. The van der Waals surface area contributed by atoms with Crippen molar-refractivity contribution in [3.63, 3.8) is 0 Å². The lowest BCUT2D eigenvalue weighted by atomic mass is 10.1. The highest BCUT2D eigenvalue weighted by molar-refractivity contribution is 5.85. The fourth-order valence-electron chi connectivity index (χ4n) is 1.17. The lowest BCUT2D eigenvalue weighted by Crippen LogP contribution is -1.92. The Hall–Kier alpha value is -1.81. The van der Waals surface area contributed by atoms with Gasteiger partial charge in [-0.05, 0) is 29.3 Å². The highest BCUT2D eigenvalue weighted by Gasteiger charge is 2.01. The summed E-state index contributed by atoms with van der Waals surface area (Å²) >= 11 is 0. The summed E-state index contributed by atoms with van der Waals surface area (Å²) < 4.78 is 4.99. The molecule has 0 radical (unpaired) electrons. The molecule has 80 valence electrons. The van der Waals surface area contributed by atoms with E-state index in [9.17, 15) is 4.79 Å². The summed E-state index contributed by atoms with van der Waals surface area (Å²) in [5.41, 5.74) is 1.30. The molecule has 4 nitrogen and oxygen atoms in total. The van der Waals surface area contributed by atoms with E-state index < -0.39 is 5.97 Å². The summed E-state index contributed by atoms with van der Waals surface area (Å²) in [5.74, 6) is -0.388. The largest absolute Gasteiger partial charge is 0.497 e. The lowest BCUT2D eigenvalue weighted by Gasteiger charge is -2.05. The van der Waals surface area contributed by atoms with Gasteiger partial charge in [0.1, 0.15) is 5.75 Å². The van der Waals surface area contributed by atoms with Crippen LogP contribution in [0.1, 0.15) is 11.1 Å². The summed E-state index contributed by atoms with van der Waals surface area (Å²) in [5, 5.41) is 17.5. The normalized spacial score (nSPS) is 10.5.